The maximum Gasteiger partial charge on any atom is 0.224 e. The first kappa shape index (κ1) is 18.7. The molecule has 2 rings (SSSR count). The van der Waals surface area contributed by atoms with Crippen LogP contribution in [0.1, 0.15) is 42.4 Å². The predicted molar refractivity (Wildman–Crippen MR) is 99.4 cm³/mol. The number of likely N-dealkylation sites (N-methyl/N-ethyl adjacent to an activating group) is 1. The van der Waals surface area contributed by atoms with Crippen molar-refractivity contribution in [2.24, 2.45) is 7.05 Å². The number of aryl methyl sites for hydroxylation is 2. The van der Waals surface area contributed by atoms with Crippen LogP contribution in [0.5, 0.6) is 0 Å². The van der Waals surface area contributed by atoms with Gasteiger partial charge in [0.05, 0.1) is 18.2 Å². The van der Waals surface area contributed by atoms with Crippen molar-refractivity contribution in [2.75, 3.05) is 19.6 Å². The van der Waals surface area contributed by atoms with E-state index in [1.165, 1.54) is 5.56 Å². The van der Waals surface area contributed by atoms with Crippen LogP contribution in [0.15, 0.2) is 16.8 Å². The third-order valence-electron chi connectivity index (χ3n) is 4.67. The number of nitrogens with one attached hydrogen (secondary N) is 1. The molecule has 1 atom stereocenters. The first-order valence-corrected chi connectivity index (χ1v) is 9.44. The Morgan fingerprint density at radius 3 is 2.58 bits per heavy atom. The lowest BCUT2D eigenvalue weighted by Gasteiger charge is -2.29. The van der Waals surface area contributed by atoms with Gasteiger partial charge in [0, 0.05) is 24.8 Å². The molecule has 2 aromatic heterocycles. The Morgan fingerprint density at radius 2 is 2.08 bits per heavy atom. The molecule has 0 bridgehead atoms. The standard InChI is InChI=1S/C18H28N4OS/c1-6-22(7-2)17(15-8-9-24-12-15)11-19-18(23)10-16-13(3)20-21(5)14(16)4/h8-9,12,17H,6-7,10-11H2,1-5H3,(H,19,23). The fourth-order valence-corrected chi connectivity index (χ4v) is 3.80. The van der Waals surface area contributed by atoms with Crippen molar-refractivity contribution in [3.05, 3.63) is 39.3 Å². The van der Waals surface area contributed by atoms with Gasteiger partial charge in [-0.1, -0.05) is 13.8 Å². The van der Waals surface area contributed by atoms with E-state index in [4.69, 9.17) is 0 Å². The van der Waals surface area contributed by atoms with E-state index in [0.29, 0.717) is 13.0 Å². The number of rotatable bonds is 8. The van der Waals surface area contributed by atoms with Gasteiger partial charge >= 0.3 is 0 Å². The monoisotopic (exact) mass is 348 g/mol. The molecule has 0 saturated carbocycles. The lowest BCUT2D eigenvalue weighted by atomic mass is 10.1. The highest BCUT2D eigenvalue weighted by molar-refractivity contribution is 7.07. The average Bonchev–Trinajstić information content (AvgIpc) is 3.16. The molecule has 0 aromatic carbocycles. The van der Waals surface area contributed by atoms with Gasteiger partial charge in [-0.25, -0.2) is 0 Å². The lowest BCUT2D eigenvalue weighted by molar-refractivity contribution is -0.120. The Kier molecular flexibility index (Phi) is 6.57. The number of thiophene rings is 1. The molecule has 0 aliphatic heterocycles. The molecule has 2 heterocycles. The molecule has 0 aliphatic rings. The van der Waals surface area contributed by atoms with E-state index >= 15 is 0 Å². The quantitative estimate of drug-likeness (QED) is 0.798. The van der Waals surface area contributed by atoms with Crippen molar-refractivity contribution in [3.63, 3.8) is 0 Å². The minimum atomic E-state index is 0.0570. The van der Waals surface area contributed by atoms with Gasteiger partial charge in [-0.3, -0.25) is 14.4 Å². The van der Waals surface area contributed by atoms with Crippen molar-refractivity contribution in [1.29, 1.82) is 0 Å². The number of hydrogen-bond acceptors (Lipinski definition) is 4. The fraction of sp³-hybridized carbons (Fsp3) is 0.556. The van der Waals surface area contributed by atoms with E-state index in [1.54, 1.807) is 11.3 Å². The maximum atomic E-state index is 12.4. The first-order valence-electron chi connectivity index (χ1n) is 8.49. The SMILES string of the molecule is CCN(CC)C(CNC(=O)Cc1c(C)nn(C)c1C)c1ccsc1. The second-order valence-electron chi connectivity index (χ2n) is 6.05. The second-order valence-corrected chi connectivity index (χ2v) is 6.83. The van der Waals surface area contributed by atoms with Gasteiger partial charge in [0.15, 0.2) is 0 Å². The predicted octanol–water partition coefficient (Wildman–Crippen LogP) is 2.84. The van der Waals surface area contributed by atoms with Gasteiger partial charge in [0.2, 0.25) is 5.91 Å². The van der Waals surface area contributed by atoms with Crippen molar-refractivity contribution in [3.8, 4) is 0 Å². The highest BCUT2D eigenvalue weighted by Crippen LogP contribution is 2.22. The van der Waals surface area contributed by atoms with Gasteiger partial charge in [0.1, 0.15) is 0 Å². The largest absolute Gasteiger partial charge is 0.354 e. The van der Waals surface area contributed by atoms with Crippen LogP contribution in [0.4, 0.5) is 0 Å². The van der Waals surface area contributed by atoms with Crippen molar-refractivity contribution < 1.29 is 4.79 Å². The van der Waals surface area contributed by atoms with E-state index in [9.17, 15) is 4.79 Å². The van der Waals surface area contributed by atoms with Crippen LogP contribution in [0, 0.1) is 13.8 Å². The zero-order valence-corrected chi connectivity index (χ0v) is 16.1. The van der Waals surface area contributed by atoms with Crippen LogP contribution in [0.2, 0.25) is 0 Å². The average molecular weight is 349 g/mol. The fourth-order valence-electron chi connectivity index (χ4n) is 3.09. The zero-order chi connectivity index (χ0) is 17.7. The van der Waals surface area contributed by atoms with Crippen LogP contribution in [0.25, 0.3) is 0 Å². The van der Waals surface area contributed by atoms with E-state index in [1.807, 2.05) is 25.6 Å². The van der Waals surface area contributed by atoms with E-state index in [2.05, 4.69) is 46.0 Å². The number of aromatic nitrogens is 2. The molecule has 0 fully saturated rings. The van der Waals surface area contributed by atoms with Crippen molar-refractivity contribution in [1.82, 2.24) is 20.0 Å². The van der Waals surface area contributed by atoms with E-state index < -0.39 is 0 Å². The smallest absolute Gasteiger partial charge is 0.224 e. The Bertz CT molecular complexity index is 659. The summed E-state index contributed by atoms with van der Waals surface area (Å²) in [6.07, 6.45) is 0.389. The molecule has 1 unspecified atom stereocenters. The lowest BCUT2D eigenvalue weighted by Crippen LogP contribution is -2.38. The molecule has 132 valence electrons. The molecule has 24 heavy (non-hydrogen) atoms. The summed E-state index contributed by atoms with van der Waals surface area (Å²) >= 11 is 1.70. The summed E-state index contributed by atoms with van der Waals surface area (Å²) in [6, 6.07) is 2.38. The number of carbonyl (C=O) groups is 1. The van der Waals surface area contributed by atoms with Crippen molar-refractivity contribution >= 4 is 17.2 Å². The first-order chi connectivity index (χ1) is 11.5. The summed E-state index contributed by atoms with van der Waals surface area (Å²) in [4.78, 5) is 14.8. The number of nitrogens with zero attached hydrogens (tertiary/aromatic N) is 3. The van der Waals surface area contributed by atoms with Gasteiger partial charge in [-0.05, 0) is 49.3 Å². The summed E-state index contributed by atoms with van der Waals surface area (Å²) in [5, 5.41) is 11.8. The number of carbonyl (C=O) groups excluding carboxylic acids is 1. The minimum Gasteiger partial charge on any atom is -0.354 e. The van der Waals surface area contributed by atoms with Gasteiger partial charge in [-0.2, -0.15) is 16.4 Å². The summed E-state index contributed by atoms with van der Waals surface area (Å²) in [6.45, 7) is 10.9. The van der Waals surface area contributed by atoms with Gasteiger partial charge in [-0.15, -0.1) is 0 Å². The minimum absolute atomic E-state index is 0.0570. The molecular weight excluding hydrogens is 320 g/mol. The van der Waals surface area contributed by atoms with Crippen molar-refractivity contribution in [2.45, 2.75) is 40.2 Å². The summed E-state index contributed by atoms with van der Waals surface area (Å²) < 4.78 is 1.84. The maximum absolute atomic E-state index is 12.4. The second kappa shape index (κ2) is 8.44. The topological polar surface area (TPSA) is 50.2 Å². The summed E-state index contributed by atoms with van der Waals surface area (Å²) in [5.74, 6) is 0.0570. The molecule has 0 spiro atoms. The van der Waals surface area contributed by atoms with E-state index in [0.717, 1.165) is 30.0 Å². The molecule has 1 amide bonds. The zero-order valence-electron chi connectivity index (χ0n) is 15.3. The van der Waals surface area contributed by atoms with Crippen LogP contribution >= 0.6 is 11.3 Å². The normalized spacial score (nSPS) is 12.6. The molecular formula is C18H28N4OS. The third-order valence-corrected chi connectivity index (χ3v) is 5.37. The molecule has 2 aromatic rings. The van der Waals surface area contributed by atoms with E-state index in [-0.39, 0.29) is 11.9 Å². The molecule has 1 N–H and O–H groups in total. The summed E-state index contributed by atoms with van der Waals surface area (Å²) in [5.41, 5.74) is 4.30. The molecule has 0 aliphatic carbocycles. The highest BCUT2D eigenvalue weighted by atomic mass is 32.1. The van der Waals surface area contributed by atoms with Crippen LogP contribution in [-0.4, -0.2) is 40.2 Å². The Balaban J connectivity index is 2.02. The molecule has 0 saturated heterocycles. The molecule has 6 heteroatoms. The van der Waals surface area contributed by atoms with Gasteiger partial charge in [0.25, 0.3) is 0 Å². The van der Waals surface area contributed by atoms with Gasteiger partial charge < -0.3 is 5.32 Å². The number of amides is 1. The third kappa shape index (κ3) is 4.24. The Morgan fingerprint density at radius 1 is 1.38 bits per heavy atom. The highest BCUT2D eigenvalue weighted by Gasteiger charge is 2.20. The van der Waals surface area contributed by atoms with Crippen LogP contribution in [0.3, 0.4) is 0 Å². The molecule has 5 nitrogen and oxygen atoms in total. The van der Waals surface area contributed by atoms with Crippen LogP contribution in [-0.2, 0) is 18.3 Å². The van der Waals surface area contributed by atoms with Crippen LogP contribution < -0.4 is 5.32 Å². The summed E-state index contributed by atoms with van der Waals surface area (Å²) in [7, 11) is 1.91. The molecule has 0 radical (unpaired) electrons. The Labute approximate surface area is 148 Å². The number of hydrogen-bond donors (Lipinski definition) is 1. The Hall–Kier alpha value is -1.66.